The molecule has 1 heterocycles. The van der Waals surface area contributed by atoms with Crippen molar-refractivity contribution in [2.45, 2.75) is 13.5 Å². The first-order chi connectivity index (χ1) is 9.54. The van der Waals surface area contributed by atoms with Crippen LogP contribution in [-0.4, -0.2) is 14.7 Å². The SMILES string of the molecule is Cc1ccc2[nH]c(=S)n(Cc3ccc(F)c(O)c3)c2c1. The predicted molar refractivity (Wildman–Crippen MR) is 79.0 cm³/mol. The van der Waals surface area contributed by atoms with Crippen molar-refractivity contribution in [2.75, 3.05) is 0 Å². The van der Waals surface area contributed by atoms with Crippen LogP contribution >= 0.6 is 12.2 Å². The number of nitrogens with one attached hydrogen (secondary N) is 1. The fourth-order valence-corrected chi connectivity index (χ4v) is 2.53. The molecule has 0 saturated heterocycles. The van der Waals surface area contributed by atoms with Gasteiger partial charge in [-0.2, -0.15) is 0 Å². The molecule has 0 bridgehead atoms. The van der Waals surface area contributed by atoms with E-state index in [0.717, 1.165) is 22.2 Å². The fraction of sp³-hybridized carbons (Fsp3) is 0.133. The number of H-pyrrole nitrogens is 1. The van der Waals surface area contributed by atoms with Gasteiger partial charge in [-0.25, -0.2) is 4.39 Å². The van der Waals surface area contributed by atoms with E-state index in [0.29, 0.717) is 11.3 Å². The molecule has 0 fully saturated rings. The molecule has 5 heteroatoms. The molecule has 0 saturated carbocycles. The first-order valence-electron chi connectivity index (χ1n) is 6.21. The van der Waals surface area contributed by atoms with Crippen molar-refractivity contribution in [1.29, 1.82) is 0 Å². The van der Waals surface area contributed by atoms with Gasteiger partial charge in [-0.15, -0.1) is 0 Å². The fourth-order valence-electron chi connectivity index (χ4n) is 2.26. The summed E-state index contributed by atoms with van der Waals surface area (Å²) in [5.41, 5.74) is 3.90. The van der Waals surface area contributed by atoms with Crippen molar-refractivity contribution >= 4 is 23.3 Å². The van der Waals surface area contributed by atoms with Crippen LogP contribution in [0.2, 0.25) is 0 Å². The van der Waals surface area contributed by atoms with Gasteiger partial charge in [-0.1, -0.05) is 12.1 Å². The van der Waals surface area contributed by atoms with Gasteiger partial charge in [0.2, 0.25) is 0 Å². The molecule has 0 spiro atoms. The number of imidazole rings is 1. The van der Waals surface area contributed by atoms with E-state index in [-0.39, 0.29) is 5.75 Å². The third-order valence-electron chi connectivity index (χ3n) is 3.28. The largest absolute Gasteiger partial charge is 0.505 e. The summed E-state index contributed by atoms with van der Waals surface area (Å²) < 4.78 is 15.6. The zero-order chi connectivity index (χ0) is 14.3. The number of fused-ring (bicyclic) bond motifs is 1. The van der Waals surface area contributed by atoms with E-state index in [4.69, 9.17) is 12.2 Å². The lowest BCUT2D eigenvalue weighted by atomic mass is 10.2. The Bertz CT molecular complexity index is 851. The second-order valence-corrected chi connectivity index (χ2v) is 5.21. The summed E-state index contributed by atoms with van der Waals surface area (Å²) in [6.45, 7) is 2.50. The van der Waals surface area contributed by atoms with Crippen LogP contribution in [0.3, 0.4) is 0 Å². The molecule has 20 heavy (non-hydrogen) atoms. The lowest BCUT2D eigenvalue weighted by Crippen LogP contribution is -2.00. The van der Waals surface area contributed by atoms with Gasteiger partial charge < -0.3 is 14.7 Å². The van der Waals surface area contributed by atoms with E-state index in [1.165, 1.54) is 12.1 Å². The second-order valence-electron chi connectivity index (χ2n) is 4.82. The van der Waals surface area contributed by atoms with Gasteiger partial charge in [0.1, 0.15) is 0 Å². The maximum absolute atomic E-state index is 13.1. The van der Waals surface area contributed by atoms with Crippen molar-refractivity contribution in [3.63, 3.8) is 0 Å². The Morgan fingerprint density at radius 2 is 2.05 bits per heavy atom. The molecule has 3 aromatic rings. The normalized spacial score (nSPS) is 11.1. The maximum atomic E-state index is 13.1. The minimum atomic E-state index is -0.618. The van der Waals surface area contributed by atoms with Crippen molar-refractivity contribution < 1.29 is 9.50 Å². The van der Waals surface area contributed by atoms with Gasteiger partial charge in [-0.3, -0.25) is 0 Å². The predicted octanol–water partition coefficient (Wildman–Crippen LogP) is 3.90. The van der Waals surface area contributed by atoms with Crippen LogP contribution in [0.1, 0.15) is 11.1 Å². The molecule has 0 aliphatic heterocycles. The van der Waals surface area contributed by atoms with Crippen LogP contribution in [-0.2, 0) is 6.54 Å². The molecule has 1 aromatic heterocycles. The summed E-state index contributed by atoms with van der Waals surface area (Å²) in [6, 6.07) is 10.4. The Morgan fingerprint density at radius 3 is 2.80 bits per heavy atom. The maximum Gasteiger partial charge on any atom is 0.178 e. The summed E-state index contributed by atoms with van der Waals surface area (Å²) in [4.78, 5) is 3.14. The molecule has 0 unspecified atom stereocenters. The zero-order valence-corrected chi connectivity index (χ0v) is 11.7. The van der Waals surface area contributed by atoms with Gasteiger partial charge in [0.05, 0.1) is 17.6 Å². The molecule has 0 aliphatic carbocycles. The number of phenols is 1. The van der Waals surface area contributed by atoms with Crippen molar-refractivity contribution in [2.24, 2.45) is 0 Å². The number of aromatic amines is 1. The third kappa shape index (κ3) is 2.20. The van der Waals surface area contributed by atoms with Crippen LogP contribution in [0, 0.1) is 17.5 Å². The molecule has 3 rings (SSSR count). The van der Waals surface area contributed by atoms with E-state index < -0.39 is 5.82 Å². The lowest BCUT2D eigenvalue weighted by molar-refractivity contribution is 0.431. The van der Waals surface area contributed by atoms with Crippen LogP contribution in [0.25, 0.3) is 11.0 Å². The van der Waals surface area contributed by atoms with Gasteiger partial charge in [0.25, 0.3) is 0 Å². The van der Waals surface area contributed by atoms with E-state index in [1.54, 1.807) is 6.07 Å². The minimum absolute atomic E-state index is 0.343. The smallest absolute Gasteiger partial charge is 0.178 e. The number of aryl methyl sites for hydroxylation is 1. The van der Waals surface area contributed by atoms with Crippen LogP contribution in [0.5, 0.6) is 5.75 Å². The van der Waals surface area contributed by atoms with Gasteiger partial charge in [-0.05, 0) is 54.5 Å². The molecular formula is C15H13FN2OS. The quantitative estimate of drug-likeness (QED) is 0.702. The third-order valence-corrected chi connectivity index (χ3v) is 3.60. The Balaban J connectivity index is 2.10. The summed E-state index contributed by atoms with van der Waals surface area (Å²) in [5, 5.41) is 9.44. The number of hydrogen-bond acceptors (Lipinski definition) is 2. The van der Waals surface area contributed by atoms with Crippen molar-refractivity contribution in [1.82, 2.24) is 9.55 Å². The number of phenolic OH excluding ortho intramolecular Hbond substituents is 1. The molecule has 2 N–H and O–H groups in total. The number of benzene rings is 2. The molecule has 102 valence electrons. The highest BCUT2D eigenvalue weighted by Gasteiger charge is 2.07. The number of rotatable bonds is 2. The molecule has 0 atom stereocenters. The Labute approximate surface area is 120 Å². The Hall–Kier alpha value is -2.14. The molecule has 0 radical (unpaired) electrons. The number of aromatic nitrogens is 2. The van der Waals surface area contributed by atoms with E-state index in [1.807, 2.05) is 29.7 Å². The Kier molecular flexibility index (Phi) is 3.06. The van der Waals surface area contributed by atoms with E-state index >= 15 is 0 Å². The van der Waals surface area contributed by atoms with Crippen LogP contribution in [0.15, 0.2) is 36.4 Å². The average molecular weight is 288 g/mol. The zero-order valence-electron chi connectivity index (χ0n) is 10.9. The lowest BCUT2D eigenvalue weighted by Gasteiger charge is -2.06. The highest BCUT2D eigenvalue weighted by atomic mass is 32.1. The summed E-state index contributed by atoms with van der Waals surface area (Å²) in [7, 11) is 0. The monoisotopic (exact) mass is 288 g/mol. The summed E-state index contributed by atoms with van der Waals surface area (Å²) in [5.74, 6) is -0.961. The second kappa shape index (κ2) is 4.76. The molecule has 0 amide bonds. The number of nitrogens with zero attached hydrogens (tertiary/aromatic N) is 1. The van der Waals surface area contributed by atoms with Crippen molar-refractivity contribution in [3.8, 4) is 5.75 Å². The van der Waals surface area contributed by atoms with Gasteiger partial charge in [0, 0.05) is 0 Å². The standard InChI is InChI=1S/C15H13FN2OS/c1-9-2-5-12-13(6-9)18(15(20)17-12)8-10-3-4-11(16)14(19)7-10/h2-7,19H,8H2,1H3,(H,17,20). The highest BCUT2D eigenvalue weighted by Crippen LogP contribution is 2.21. The Morgan fingerprint density at radius 1 is 1.25 bits per heavy atom. The average Bonchev–Trinajstić information content (AvgIpc) is 2.70. The first kappa shape index (κ1) is 12.9. The van der Waals surface area contributed by atoms with Gasteiger partial charge in [0.15, 0.2) is 16.3 Å². The highest BCUT2D eigenvalue weighted by molar-refractivity contribution is 7.71. The number of hydrogen-bond donors (Lipinski definition) is 2. The minimum Gasteiger partial charge on any atom is -0.505 e. The molecule has 2 aromatic carbocycles. The molecule has 0 aliphatic rings. The number of aromatic hydroxyl groups is 1. The first-order valence-corrected chi connectivity index (χ1v) is 6.62. The van der Waals surface area contributed by atoms with Gasteiger partial charge >= 0.3 is 0 Å². The molecule has 3 nitrogen and oxygen atoms in total. The van der Waals surface area contributed by atoms with Crippen LogP contribution < -0.4 is 0 Å². The summed E-state index contributed by atoms with van der Waals surface area (Å²) >= 11 is 5.32. The van der Waals surface area contributed by atoms with E-state index in [2.05, 4.69) is 4.98 Å². The number of halogens is 1. The van der Waals surface area contributed by atoms with Crippen LogP contribution in [0.4, 0.5) is 4.39 Å². The molecular weight excluding hydrogens is 275 g/mol. The summed E-state index contributed by atoms with van der Waals surface area (Å²) in [6.07, 6.45) is 0. The van der Waals surface area contributed by atoms with E-state index in [9.17, 15) is 9.50 Å². The van der Waals surface area contributed by atoms with Crippen molar-refractivity contribution in [3.05, 3.63) is 58.1 Å². The topological polar surface area (TPSA) is 41.0 Å².